The Morgan fingerprint density at radius 2 is 1.77 bits per heavy atom. The number of amides is 1. The quantitative estimate of drug-likeness (QED) is 0.735. The Hall–Kier alpha value is -2.38. The van der Waals surface area contributed by atoms with Gasteiger partial charge in [0.15, 0.2) is 0 Å². The van der Waals surface area contributed by atoms with Gasteiger partial charge < -0.3 is 19.4 Å². The van der Waals surface area contributed by atoms with Gasteiger partial charge in [-0.15, -0.1) is 0 Å². The molecule has 0 atom stereocenters. The number of alkyl carbamates (subject to hydrolysis) is 1. The van der Waals surface area contributed by atoms with E-state index < -0.39 is 30.0 Å². The molecule has 0 saturated carbocycles. The largest absolute Gasteiger partial charge is 0.492 e. The Balaban J connectivity index is 1.93. The van der Waals surface area contributed by atoms with Crippen LogP contribution in [0, 0.1) is 0 Å². The number of aromatic nitrogens is 1. The van der Waals surface area contributed by atoms with Crippen LogP contribution in [0.3, 0.4) is 0 Å². The average molecular weight is 410 g/mol. The fraction of sp³-hybridized carbons (Fsp3) is 0.478. The molecule has 1 amide bonds. The normalized spacial score (nSPS) is 18.5. The van der Waals surface area contributed by atoms with Crippen LogP contribution in [0.25, 0.3) is 17.0 Å². The number of hydrogen-bond acceptors (Lipinski definition) is 5. The zero-order valence-corrected chi connectivity index (χ0v) is 18.9. The molecule has 1 aromatic heterocycles. The first kappa shape index (κ1) is 22.3. The number of rotatable bonds is 4. The first-order valence-corrected chi connectivity index (χ1v) is 10.2. The highest BCUT2D eigenvalue weighted by Gasteiger charge is 2.52. The number of nitrogens with zero attached hydrogens (tertiary/aromatic N) is 1. The monoisotopic (exact) mass is 410 g/mol. The highest BCUT2D eigenvalue weighted by atomic mass is 16.7. The summed E-state index contributed by atoms with van der Waals surface area (Å²) >= 11 is 0. The molecule has 0 radical (unpaired) electrons. The fourth-order valence-electron chi connectivity index (χ4n) is 3.13. The molecule has 1 N–H and O–H groups in total. The number of hydrogen-bond donors (Lipinski definition) is 1. The molecule has 0 unspecified atom stereocenters. The molecule has 0 spiro atoms. The standard InChI is InChI=1S/C23H31BN2O4/c1-21(2,3)28-20(27)26-15-17(24-29-22(4,5)23(6,7)30-24)14-16-12-13-25-19-11-9-8-10-18(16)19/h8-14H,15H2,1-7H3,(H,26,27). The molecule has 1 fully saturated rings. The third-order valence-corrected chi connectivity index (χ3v) is 5.42. The van der Waals surface area contributed by atoms with Crippen molar-refractivity contribution in [1.29, 1.82) is 0 Å². The summed E-state index contributed by atoms with van der Waals surface area (Å²) in [6.07, 6.45) is 3.30. The third-order valence-electron chi connectivity index (χ3n) is 5.42. The van der Waals surface area contributed by atoms with Crippen molar-refractivity contribution in [2.24, 2.45) is 0 Å². The van der Waals surface area contributed by atoms with E-state index in [0.717, 1.165) is 21.9 Å². The predicted octanol–water partition coefficient (Wildman–Crippen LogP) is 4.77. The first-order chi connectivity index (χ1) is 13.9. The lowest BCUT2D eigenvalue weighted by molar-refractivity contribution is 0.00578. The second kappa shape index (κ2) is 8.04. The van der Waals surface area contributed by atoms with Crippen LogP contribution in [0.2, 0.25) is 0 Å². The number of nitrogens with one attached hydrogen (secondary N) is 1. The van der Waals surface area contributed by atoms with Gasteiger partial charge in [0.05, 0.1) is 16.7 Å². The summed E-state index contributed by atoms with van der Waals surface area (Å²) in [6, 6.07) is 9.88. The van der Waals surface area contributed by atoms with Crippen LogP contribution in [-0.4, -0.2) is 41.5 Å². The zero-order chi connectivity index (χ0) is 22.2. The van der Waals surface area contributed by atoms with Crippen LogP contribution in [-0.2, 0) is 14.0 Å². The molecule has 0 bridgehead atoms. The minimum absolute atomic E-state index is 0.238. The summed E-state index contributed by atoms with van der Waals surface area (Å²) in [6.45, 7) is 13.8. The lowest BCUT2D eigenvalue weighted by atomic mass is 9.76. The summed E-state index contributed by atoms with van der Waals surface area (Å²) in [5, 5.41) is 3.85. The second-order valence-corrected chi connectivity index (χ2v) is 9.58. The van der Waals surface area contributed by atoms with Crippen molar-refractivity contribution >= 4 is 30.2 Å². The molecular weight excluding hydrogens is 379 g/mol. The number of pyridine rings is 1. The molecule has 1 aliphatic rings. The van der Waals surface area contributed by atoms with Crippen molar-refractivity contribution in [2.45, 2.75) is 65.3 Å². The molecule has 1 aromatic carbocycles. The number of carbonyl (C=O) groups is 1. The zero-order valence-electron chi connectivity index (χ0n) is 18.9. The maximum absolute atomic E-state index is 12.2. The van der Waals surface area contributed by atoms with Crippen LogP contribution < -0.4 is 5.32 Å². The van der Waals surface area contributed by atoms with Crippen molar-refractivity contribution in [3.63, 3.8) is 0 Å². The van der Waals surface area contributed by atoms with Gasteiger partial charge in [-0.25, -0.2) is 4.79 Å². The first-order valence-electron chi connectivity index (χ1n) is 10.2. The van der Waals surface area contributed by atoms with Crippen molar-refractivity contribution < 1.29 is 18.8 Å². The van der Waals surface area contributed by atoms with Gasteiger partial charge in [-0.3, -0.25) is 4.98 Å². The summed E-state index contributed by atoms with van der Waals surface area (Å²) in [5.74, 6) is 0. The lowest BCUT2D eigenvalue weighted by Crippen LogP contribution is -2.41. The Morgan fingerprint density at radius 1 is 1.13 bits per heavy atom. The molecular formula is C23H31BN2O4. The predicted molar refractivity (Wildman–Crippen MR) is 120 cm³/mol. The molecule has 160 valence electrons. The number of benzene rings is 1. The van der Waals surface area contributed by atoms with Crippen LogP contribution in [0.1, 0.15) is 54.0 Å². The summed E-state index contributed by atoms with van der Waals surface area (Å²) in [4.78, 5) is 16.7. The van der Waals surface area contributed by atoms with E-state index in [9.17, 15) is 4.79 Å². The van der Waals surface area contributed by atoms with E-state index in [2.05, 4.69) is 10.3 Å². The molecule has 30 heavy (non-hydrogen) atoms. The van der Waals surface area contributed by atoms with Crippen LogP contribution >= 0.6 is 0 Å². The van der Waals surface area contributed by atoms with E-state index in [1.165, 1.54) is 0 Å². The highest BCUT2D eigenvalue weighted by Crippen LogP contribution is 2.39. The van der Waals surface area contributed by atoms with Gasteiger partial charge in [0.1, 0.15) is 5.60 Å². The third kappa shape index (κ3) is 5.02. The molecule has 2 aromatic rings. The number of carbonyl (C=O) groups excluding carboxylic acids is 1. The van der Waals surface area contributed by atoms with Crippen LogP contribution in [0.15, 0.2) is 42.0 Å². The van der Waals surface area contributed by atoms with Crippen molar-refractivity contribution in [3.05, 3.63) is 47.6 Å². The molecule has 1 aliphatic heterocycles. The summed E-state index contributed by atoms with van der Waals surface area (Å²) < 4.78 is 17.9. The van der Waals surface area contributed by atoms with Gasteiger partial charge in [0.2, 0.25) is 0 Å². The van der Waals surface area contributed by atoms with E-state index in [0.29, 0.717) is 0 Å². The molecule has 0 aliphatic carbocycles. The smallest absolute Gasteiger partial charge is 0.444 e. The number of ether oxygens (including phenoxy) is 1. The average Bonchev–Trinajstić information content (AvgIpc) is 2.84. The van der Waals surface area contributed by atoms with Crippen LogP contribution in [0.4, 0.5) is 4.79 Å². The molecule has 7 heteroatoms. The Morgan fingerprint density at radius 3 is 2.40 bits per heavy atom. The van der Waals surface area contributed by atoms with E-state index in [1.807, 2.05) is 84.9 Å². The summed E-state index contributed by atoms with van der Waals surface area (Å²) in [5.41, 5.74) is 1.15. The molecule has 1 saturated heterocycles. The molecule has 3 rings (SSSR count). The fourth-order valence-corrected chi connectivity index (χ4v) is 3.13. The van der Waals surface area contributed by atoms with Gasteiger partial charge in [-0.1, -0.05) is 24.3 Å². The van der Waals surface area contributed by atoms with Gasteiger partial charge >= 0.3 is 13.2 Å². The minimum atomic E-state index is -0.586. The lowest BCUT2D eigenvalue weighted by Gasteiger charge is -2.32. The Labute approximate surface area is 179 Å². The molecule has 6 nitrogen and oxygen atoms in total. The van der Waals surface area contributed by atoms with Crippen molar-refractivity contribution in [3.8, 4) is 0 Å². The van der Waals surface area contributed by atoms with E-state index in [4.69, 9.17) is 14.0 Å². The van der Waals surface area contributed by atoms with Crippen molar-refractivity contribution in [1.82, 2.24) is 10.3 Å². The van der Waals surface area contributed by atoms with Gasteiger partial charge in [-0.2, -0.15) is 0 Å². The SMILES string of the molecule is CC(C)(C)OC(=O)NCC(=Cc1ccnc2ccccc12)B1OC(C)(C)C(C)(C)O1. The van der Waals surface area contributed by atoms with Crippen LogP contribution in [0.5, 0.6) is 0 Å². The van der Waals surface area contributed by atoms with E-state index in [1.54, 1.807) is 6.20 Å². The van der Waals surface area contributed by atoms with E-state index in [-0.39, 0.29) is 6.54 Å². The Bertz CT molecular complexity index is 942. The highest BCUT2D eigenvalue weighted by molar-refractivity contribution is 6.56. The molecule has 2 heterocycles. The maximum atomic E-state index is 12.2. The second-order valence-electron chi connectivity index (χ2n) is 9.58. The van der Waals surface area contributed by atoms with E-state index >= 15 is 0 Å². The Kier molecular flexibility index (Phi) is 5.98. The maximum Gasteiger partial charge on any atom is 0.492 e. The number of para-hydroxylation sites is 1. The van der Waals surface area contributed by atoms with Crippen molar-refractivity contribution in [2.75, 3.05) is 6.54 Å². The summed E-state index contributed by atoms with van der Waals surface area (Å²) in [7, 11) is -0.586. The topological polar surface area (TPSA) is 69.7 Å². The van der Waals surface area contributed by atoms with Gasteiger partial charge in [0.25, 0.3) is 0 Å². The van der Waals surface area contributed by atoms with Gasteiger partial charge in [-0.05, 0) is 71.6 Å². The van der Waals surface area contributed by atoms with Gasteiger partial charge in [0, 0.05) is 18.1 Å². The minimum Gasteiger partial charge on any atom is -0.444 e. The number of fused-ring (bicyclic) bond motifs is 1.